The van der Waals surface area contributed by atoms with Crippen molar-refractivity contribution in [2.24, 2.45) is 0 Å². The van der Waals surface area contributed by atoms with Crippen molar-refractivity contribution >= 4 is 39.0 Å². The largest absolute Gasteiger partial charge is 0.460 e. The third-order valence-electron chi connectivity index (χ3n) is 4.87. The Morgan fingerprint density at radius 1 is 1.28 bits per heavy atom. The van der Waals surface area contributed by atoms with Crippen molar-refractivity contribution in [1.82, 2.24) is 4.31 Å². The molecule has 0 aliphatic carbocycles. The smallest absolute Gasteiger partial charge is 0.308 e. The Hall–Kier alpha value is -3.20. The summed E-state index contributed by atoms with van der Waals surface area (Å²) in [7, 11) is -4.29. The lowest BCUT2D eigenvalue weighted by Crippen LogP contribution is -2.42. The van der Waals surface area contributed by atoms with Crippen LogP contribution in [0.3, 0.4) is 0 Å². The second kappa shape index (κ2) is 12.2. The number of carbonyl (C=O) groups is 1. The monoisotopic (exact) mass is 536 g/mol. The Kier molecular flexibility index (Phi) is 9.81. The first kappa shape index (κ1) is 29.0. The minimum absolute atomic E-state index is 0.0645. The van der Waals surface area contributed by atoms with E-state index in [0.717, 1.165) is 10.4 Å². The summed E-state index contributed by atoms with van der Waals surface area (Å²) >= 11 is 6.14. The van der Waals surface area contributed by atoms with Gasteiger partial charge in [-0.15, -0.1) is 0 Å². The molecule has 0 amide bonds. The predicted molar refractivity (Wildman–Crippen MR) is 136 cm³/mol. The molecule has 0 fully saturated rings. The quantitative estimate of drug-likeness (QED) is 0.246. The average molecular weight is 537 g/mol. The number of nitriles is 1. The molecule has 0 aromatic heterocycles. The molecule has 0 aliphatic heterocycles. The van der Waals surface area contributed by atoms with Gasteiger partial charge in [-0.2, -0.15) is 9.57 Å². The van der Waals surface area contributed by atoms with E-state index >= 15 is 0 Å². The lowest BCUT2D eigenvalue weighted by molar-refractivity contribution is -0.387. The molecule has 1 atom stereocenters. The van der Waals surface area contributed by atoms with Crippen LogP contribution in [0.1, 0.15) is 46.1 Å². The molecule has 0 radical (unpaired) electrons. The van der Waals surface area contributed by atoms with E-state index in [0.29, 0.717) is 12.1 Å². The molecular weight excluding hydrogens is 508 g/mol. The van der Waals surface area contributed by atoms with Crippen LogP contribution < -0.4 is 5.32 Å². The van der Waals surface area contributed by atoms with Gasteiger partial charge in [-0.25, -0.2) is 8.42 Å². The van der Waals surface area contributed by atoms with Crippen molar-refractivity contribution in [2.45, 2.75) is 57.1 Å². The Bertz CT molecular complexity index is 1250. The van der Waals surface area contributed by atoms with Gasteiger partial charge in [0, 0.05) is 24.8 Å². The molecule has 1 N–H and O–H groups in total. The summed E-state index contributed by atoms with van der Waals surface area (Å²) in [4.78, 5) is 23.0. The molecule has 0 spiro atoms. The number of carbonyl (C=O) groups excluding carboxylic acids is 1. The number of nitro benzene ring substituents is 1. The number of hydrogen-bond donors (Lipinski definition) is 1. The first-order valence-corrected chi connectivity index (χ1v) is 13.0. The molecule has 194 valence electrons. The van der Waals surface area contributed by atoms with Gasteiger partial charge in [0.1, 0.15) is 11.7 Å². The van der Waals surface area contributed by atoms with Crippen LogP contribution in [0.5, 0.6) is 0 Å². The number of para-hydroxylation sites is 1. The van der Waals surface area contributed by atoms with E-state index in [2.05, 4.69) is 5.32 Å². The zero-order chi connectivity index (χ0) is 27.1. The minimum Gasteiger partial charge on any atom is -0.460 e. The summed E-state index contributed by atoms with van der Waals surface area (Å²) < 4.78 is 33.6. The number of rotatable bonds is 11. The van der Waals surface area contributed by atoms with E-state index in [4.69, 9.17) is 21.6 Å². The molecule has 0 saturated heterocycles. The van der Waals surface area contributed by atoms with E-state index in [9.17, 15) is 23.3 Å². The number of benzene rings is 2. The van der Waals surface area contributed by atoms with Gasteiger partial charge in [0.15, 0.2) is 4.90 Å². The van der Waals surface area contributed by atoms with Gasteiger partial charge >= 0.3 is 5.97 Å². The fraction of sp³-hybridized carbons (Fsp3) is 0.417. The van der Waals surface area contributed by atoms with Crippen LogP contribution in [0.4, 0.5) is 11.4 Å². The fourth-order valence-electron chi connectivity index (χ4n) is 3.45. The fourth-order valence-corrected chi connectivity index (χ4v) is 5.40. The Balaban J connectivity index is 2.45. The van der Waals surface area contributed by atoms with Crippen LogP contribution >= 0.6 is 11.6 Å². The molecular formula is C24H29ClN4O6S. The van der Waals surface area contributed by atoms with Crippen molar-refractivity contribution in [3.8, 4) is 6.07 Å². The van der Waals surface area contributed by atoms with Crippen molar-refractivity contribution < 1.29 is 22.9 Å². The second-order valence-electron chi connectivity index (χ2n) is 9.03. The summed E-state index contributed by atoms with van der Waals surface area (Å²) in [6.07, 6.45) is 0.239. The lowest BCUT2D eigenvalue weighted by atomic mass is 10.1. The van der Waals surface area contributed by atoms with E-state index < -0.39 is 43.1 Å². The summed E-state index contributed by atoms with van der Waals surface area (Å²) in [5.41, 5.74) is -0.558. The molecule has 0 bridgehead atoms. The van der Waals surface area contributed by atoms with Crippen LogP contribution in [-0.4, -0.2) is 48.3 Å². The molecule has 0 heterocycles. The highest BCUT2D eigenvalue weighted by molar-refractivity contribution is 7.89. The zero-order valence-corrected chi connectivity index (χ0v) is 22.1. The van der Waals surface area contributed by atoms with Crippen LogP contribution in [0.25, 0.3) is 0 Å². The Labute approximate surface area is 216 Å². The van der Waals surface area contributed by atoms with Gasteiger partial charge in [0.05, 0.1) is 28.0 Å². The molecule has 0 aliphatic rings. The SMILES string of the molecule is CCCN(C[C@H](CC(=O)OC(C)(C)C)Nc1ccc(C#N)c(Cl)c1)S(=O)(=O)c1ccccc1[N+](=O)[O-]. The summed E-state index contributed by atoms with van der Waals surface area (Å²) in [6.45, 7) is 6.81. The highest BCUT2D eigenvalue weighted by atomic mass is 35.5. The Morgan fingerprint density at radius 3 is 2.50 bits per heavy atom. The van der Waals surface area contributed by atoms with Crippen LogP contribution in [0.15, 0.2) is 47.4 Å². The number of ether oxygens (including phenoxy) is 1. The van der Waals surface area contributed by atoms with E-state index in [-0.39, 0.29) is 30.1 Å². The van der Waals surface area contributed by atoms with Crippen LogP contribution in [0, 0.1) is 21.4 Å². The summed E-state index contributed by atoms with van der Waals surface area (Å²) in [5.74, 6) is -0.556. The van der Waals surface area contributed by atoms with Crippen LogP contribution in [0.2, 0.25) is 5.02 Å². The molecule has 0 unspecified atom stereocenters. The number of halogens is 1. The first-order chi connectivity index (χ1) is 16.8. The molecule has 36 heavy (non-hydrogen) atoms. The molecule has 12 heteroatoms. The van der Waals surface area contributed by atoms with Crippen LogP contribution in [-0.2, 0) is 19.6 Å². The Morgan fingerprint density at radius 2 is 1.94 bits per heavy atom. The average Bonchev–Trinajstić information content (AvgIpc) is 2.77. The topological polar surface area (TPSA) is 143 Å². The standard InChI is InChI=1S/C24H29ClN4O6S/c1-5-12-28(36(33,34)22-9-7-6-8-21(22)29(31)32)16-19(14-23(30)35-24(2,3)4)27-18-11-10-17(15-26)20(25)13-18/h6-11,13,19,27H,5,12,14,16H2,1-4H3/t19-/m0/s1. The van der Waals surface area contributed by atoms with E-state index in [1.807, 2.05) is 6.07 Å². The zero-order valence-electron chi connectivity index (χ0n) is 20.5. The number of nitrogens with zero attached hydrogens (tertiary/aromatic N) is 3. The number of nitrogens with one attached hydrogen (secondary N) is 1. The van der Waals surface area contributed by atoms with Gasteiger partial charge in [-0.3, -0.25) is 14.9 Å². The summed E-state index contributed by atoms with van der Waals surface area (Å²) in [6, 6.07) is 10.9. The van der Waals surface area contributed by atoms with Gasteiger partial charge in [-0.1, -0.05) is 30.7 Å². The van der Waals surface area contributed by atoms with Gasteiger partial charge in [0.25, 0.3) is 5.69 Å². The number of esters is 1. The van der Waals surface area contributed by atoms with Gasteiger partial charge in [-0.05, 0) is 51.5 Å². The highest BCUT2D eigenvalue weighted by Crippen LogP contribution is 2.28. The van der Waals surface area contributed by atoms with Crippen molar-refractivity contribution in [3.63, 3.8) is 0 Å². The maximum atomic E-state index is 13.5. The number of hydrogen-bond acceptors (Lipinski definition) is 8. The minimum atomic E-state index is -4.29. The third-order valence-corrected chi connectivity index (χ3v) is 7.10. The second-order valence-corrected chi connectivity index (χ2v) is 11.3. The predicted octanol–water partition coefficient (Wildman–Crippen LogP) is 4.73. The van der Waals surface area contributed by atoms with Gasteiger partial charge < -0.3 is 10.1 Å². The number of anilines is 1. The number of nitro groups is 1. The normalized spacial score (nSPS) is 12.6. The van der Waals surface area contributed by atoms with E-state index in [1.54, 1.807) is 33.8 Å². The third kappa shape index (κ3) is 7.91. The number of sulfonamides is 1. The molecule has 10 nitrogen and oxygen atoms in total. The van der Waals surface area contributed by atoms with Crippen molar-refractivity contribution in [1.29, 1.82) is 5.26 Å². The molecule has 0 saturated carbocycles. The van der Waals surface area contributed by atoms with Gasteiger partial charge in [0.2, 0.25) is 10.0 Å². The van der Waals surface area contributed by atoms with E-state index in [1.165, 1.54) is 30.3 Å². The molecule has 2 rings (SSSR count). The molecule has 2 aromatic rings. The van der Waals surface area contributed by atoms with Crippen molar-refractivity contribution in [3.05, 3.63) is 63.2 Å². The van der Waals surface area contributed by atoms with Crippen molar-refractivity contribution in [2.75, 3.05) is 18.4 Å². The maximum Gasteiger partial charge on any atom is 0.308 e. The summed E-state index contributed by atoms with van der Waals surface area (Å²) in [5, 5.41) is 23.9. The highest BCUT2D eigenvalue weighted by Gasteiger charge is 2.33. The first-order valence-electron chi connectivity index (χ1n) is 11.2. The molecule has 2 aromatic carbocycles. The maximum absolute atomic E-state index is 13.5. The lowest BCUT2D eigenvalue weighted by Gasteiger charge is -2.29.